The van der Waals surface area contributed by atoms with E-state index in [0.717, 1.165) is 26.1 Å². The average molecular weight is 302 g/mol. The molecule has 0 N–H and O–H groups in total. The summed E-state index contributed by atoms with van der Waals surface area (Å²) in [5, 5.41) is 11.2. The smallest absolute Gasteiger partial charge is 0.137 e. The Morgan fingerprint density at radius 1 is 1.29 bits per heavy atom. The van der Waals surface area contributed by atoms with Crippen LogP contribution >= 0.6 is 11.3 Å². The van der Waals surface area contributed by atoms with Crippen LogP contribution in [0.15, 0.2) is 11.4 Å². The minimum atomic E-state index is 0.567. The molecule has 2 aliphatic rings. The van der Waals surface area contributed by atoms with Gasteiger partial charge in [0.2, 0.25) is 0 Å². The second-order valence-electron chi connectivity index (χ2n) is 6.37. The zero-order valence-electron chi connectivity index (χ0n) is 12.6. The highest BCUT2D eigenvalue weighted by Gasteiger charge is 2.28. The van der Waals surface area contributed by atoms with Crippen molar-refractivity contribution in [1.82, 2.24) is 19.7 Å². The number of thiophene rings is 1. The zero-order chi connectivity index (χ0) is 14.2. The summed E-state index contributed by atoms with van der Waals surface area (Å²) in [6, 6.07) is 2.32. The third kappa shape index (κ3) is 2.64. The minimum Gasteiger partial charge on any atom is -0.315 e. The van der Waals surface area contributed by atoms with Crippen molar-refractivity contribution in [3.05, 3.63) is 33.5 Å². The number of nitrogens with zero attached hydrogens (tertiary/aromatic N) is 4. The van der Waals surface area contributed by atoms with E-state index in [1.54, 1.807) is 0 Å². The largest absolute Gasteiger partial charge is 0.315 e. The number of hydrogen-bond acceptors (Lipinski definition) is 4. The Labute approximate surface area is 129 Å². The van der Waals surface area contributed by atoms with Crippen LogP contribution in [0.3, 0.4) is 0 Å². The molecule has 4 heterocycles. The van der Waals surface area contributed by atoms with Gasteiger partial charge in [0.1, 0.15) is 11.6 Å². The number of aryl methyl sites for hydroxylation is 2. The summed E-state index contributed by atoms with van der Waals surface area (Å²) in [4.78, 5) is 4.00. The van der Waals surface area contributed by atoms with Gasteiger partial charge in [-0.15, -0.1) is 21.5 Å². The van der Waals surface area contributed by atoms with Crippen LogP contribution in [0.2, 0.25) is 0 Å². The van der Waals surface area contributed by atoms with Gasteiger partial charge in [-0.05, 0) is 49.7 Å². The van der Waals surface area contributed by atoms with Gasteiger partial charge < -0.3 is 4.57 Å². The maximum atomic E-state index is 4.50. The summed E-state index contributed by atoms with van der Waals surface area (Å²) in [5.74, 6) is 3.02. The molecule has 0 unspecified atom stereocenters. The number of fused-ring (bicyclic) bond motifs is 1. The third-order valence-electron chi connectivity index (χ3n) is 4.70. The molecule has 2 aromatic heterocycles. The maximum Gasteiger partial charge on any atom is 0.137 e. The first-order chi connectivity index (χ1) is 10.3. The van der Waals surface area contributed by atoms with E-state index in [4.69, 9.17) is 0 Å². The molecule has 1 saturated heterocycles. The normalized spacial score (nSPS) is 22.6. The predicted octanol–water partition coefficient (Wildman–Crippen LogP) is 2.97. The summed E-state index contributed by atoms with van der Waals surface area (Å²) >= 11 is 1.85. The van der Waals surface area contributed by atoms with E-state index in [2.05, 4.69) is 38.0 Å². The van der Waals surface area contributed by atoms with Crippen molar-refractivity contribution in [3.63, 3.8) is 0 Å². The second kappa shape index (κ2) is 5.54. The molecule has 4 nitrogen and oxygen atoms in total. The standard InChI is InChI=1S/C16H22N4S/c1-12-8-13(11-21-12)9-19-6-2-4-14(10-19)16-18-17-15-5-3-7-20(15)16/h8,11,14H,2-7,9-10H2,1H3/t14-/m1/s1. The van der Waals surface area contributed by atoms with Crippen LogP contribution in [-0.2, 0) is 19.5 Å². The van der Waals surface area contributed by atoms with Gasteiger partial charge in [0.05, 0.1) is 0 Å². The highest BCUT2D eigenvalue weighted by molar-refractivity contribution is 7.10. The number of aromatic nitrogens is 3. The molecule has 2 aromatic rings. The fourth-order valence-electron chi connectivity index (χ4n) is 3.72. The Hall–Kier alpha value is -1.20. The van der Waals surface area contributed by atoms with E-state index in [9.17, 15) is 0 Å². The molecule has 1 atom stereocenters. The predicted molar refractivity (Wildman–Crippen MR) is 84.7 cm³/mol. The Morgan fingerprint density at radius 3 is 3.10 bits per heavy atom. The molecular formula is C16H22N4S. The second-order valence-corrected chi connectivity index (χ2v) is 7.48. The van der Waals surface area contributed by atoms with Gasteiger partial charge in [0.25, 0.3) is 0 Å². The van der Waals surface area contributed by atoms with Crippen molar-refractivity contribution in [2.24, 2.45) is 0 Å². The van der Waals surface area contributed by atoms with Gasteiger partial charge in [-0.1, -0.05) is 0 Å². The fraction of sp³-hybridized carbons (Fsp3) is 0.625. The van der Waals surface area contributed by atoms with Gasteiger partial charge in [-0.3, -0.25) is 4.90 Å². The van der Waals surface area contributed by atoms with Crippen molar-refractivity contribution in [1.29, 1.82) is 0 Å². The summed E-state index contributed by atoms with van der Waals surface area (Å²) < 4.78 is 2.38. The number of likely N-dealkylation sites (tertiary alicyclic amines) is 1. The summed E-state index contributed by atoms with van der Waals surface area (Å²) in [5.41, 5.74) is 1.46. The molecule has 0 aromatic carbocycles. The molecular weight excluding hydrogens is 280 g/mol. The molecule has 21 heavy (non-hydrogen) atoms. The van der Waals surface area contributed by atoms with Crippen LogP contribution in [-0.4, -0.2) is 32.8 Å². The van der Waals surface area contributed by atoms with E-state index in [1.807, 2.05) is 11.3 Å². The lowest BCUT2D eigenvalue weighted by Crippen LogP contribution is -2.34. The molecule has 2 aliphatic heterocycles. The first-order valence-corrected chi connectivity index (χ1v) is 8.86. The first kappa shape index (κ1) is 13.5. The Morgan fingerprint density at radius 2 is 2.24 bits per heavy atom. The van der Waals surface area contributed by atoms with E-state index in [0.29, 0.717) is 5.92 Å². The molecule has 0 spiro atoms. The summed E-state index contributed by atoms with van der Waals surface area (Å²) in [7, 11) is 0. The highest BCUT2D eigenvalue weighted by atomic mass is 32.1. The van der Waals surface area contributed by atoms with Crippen molar-refractivity contribution in [2.75, 3.05) is 13.1 Å². The Bertz CT molecular complexity index is 630. The van der Waals surface area contributed by atoms with Crippen molar-refractivity contribution in [3.8, 4) is 0 Å². The van der Waals surface area contributed by atoms with Crippen LogP contribution < -0.4 is 0 Å². The van der Waals surface area contributed by atoms with Crippen molar-refractivity contribution in [2.45, 2.75) is 51.6 Å². The quantitative estimate of drug-likeness (QED) is 0.874. The number of piperidine rings is 1. The minimum absolute atomic E-state index is 0.567. The summed E-state index contributed by atoms with van der Waals surface area (Å²) in [6.07, 6.45) is 4.88. The van der Waals surface area contributed by atoms with Gasteiger partial charge in [0.15, 0.2) is 0 Å². The van der Waals surface area contributed by atoms with Crippen molar-refractivity contribution < 1.29 is 0 Å². The van der Waals surface area contributed by atoms with E-state index in [1.165, 1.54) is 47.9 Å². The molecule has 0 aliphatic carbocycles. The van der Waals surface area contributed by atoms with Gasteiger partial charge in [-0.2, -0.15) is 0 Å². The SMILES string of the molecule is Cc1cc(CN2CCC[C@@H](c3nnc4n3CCC4)C2)cs1. The van der Waals surface area contributed by atoms with Gasteiger partial charge >= 0.3 is 0 Å². The molecule has 1 fully saturated rings. The molecule has 0 bridgehead atoms. The van der Waals surface area contributed by atoms with E-state index < -0.39 is 0 Å². The average Bonchev–Trinajstić information content (AvgIpc) is 3.16. The fourth-order valence-corrected chi connectivity index (χ4v) is 4.42. The lowest BCUT2D eigenvalue weighted by molar-refractivity contribution is 0.195. The van der Waals surface area contributed by atoms with Crippen LogP contribution in [0, 0.1) is 6.92 Å². The zero-order valence-corrected chi connectivity index (χ0v) is 13.4. The van der Waals surface area contributed by atoms with Crippen LogP contribution in [0.4, 0.5) is 0 Å². The highest BCUT2D eigenvalue weighted by Crippen LogP contribution is 2.29. The molecule has 0 amide bonds. The van der Waals surface area contributed by atoms with Crippen LogP contribution in [0.25, 0.3) is 0 Å². The third-order valence-corrected chi connectivity index (χ3v) is 5.61. The van der Waals surface area contributed by atoms with E-state index in [-0.39, 0.29) is 0 Å². The number of hydrogen-bond donors (Lipinski definition) is 0. The van der Waals surface area contributed by atoms with E-state index >= 15 is 0 Å². The summed E-state index contributed by atoms with van der Waals surface area (Å²) in [6.45, 7) is 6.74. The van der Waals surface area contributed by atoms with Crippen molar-refractivity contribution >= 4 is 11.3 Å². The Kier molecular flexibility index (Phi) is 3.55. The molecule has 5 heteroatoms. The van der Waals surface area contributed by atoms with Crippen LogP contribution in [0.1, 0.15) is 47.3 Å². The van der Waals surface area contributed by atoms with Gasteiger partial charge in [-0.25, -0.2) is 0 Å². The number of rotatable bonds is 3. The molecule has 0 saturated carbocycles. The van der Waals surface area contributed by atoms with Crippen LogP contribution in [0.5, 0.6) is 0 Å². The van der Waals surface area contributed by atoms with Gasteiger partial charge in [0, 0.05) is 36.9 Å². The Balaban J connectivity index is 1.47. The molecule has 112 valence electrons. The lowest BCUT2D eigenvalue weighted by Gasteiger charge is -2.32. The molecule has 0 radical (unpaired) electrons. The maximum absolute atomic E-state index is 4.50. The lowest BCUT2D eigenvalue weighted by atomic mass is 9.97. The first-order valence-electron chi connectivity index (χ1n) is 7.98. The topological polar surface area (TPSA) is 34.0 Å². The monoisotopic (exact) mass is 302 g/mol. The molecule has 4 rings (SSSR count).